The smallest absolute Gasteiger partial charge is 0.250 e. The molecule has 0 aliphatic carbocycles. The average Bonchev–Trinajstić information content (AvgIpc) is 3.55. The highest BCUT2D eigenvalue weighted by molar-refractivity contribution is 6.03. The Kier molecular flexibility index (Phi) is 6.44. The second kappa shape index (κ2) is 9.55. The third-order valence-electron chi connectivity index (χ3n) is 7.81. The predicted octanol–water partition coefficient (Wildman–Crippen LogP) is 1.36. The quantitative estimate of drug-likeness (QED) is 0.511. The van der Waals surface area contributed by atoms with Gasteiger partial charge in [-0.2, -0.15) is 0 Å². The zero-order valence-corrected chi connectivity index (χ0v) is 20.3. The van der Waals surface area contributed by atoms with Gasteiger partial charge in [0.25, 0.3) is 0 Å². The molecule has 9 nitrogen and oxygen atoms in total. The number of benzene rings is 2. The molecule has 3 fully saturated rings. The van der Waals surface area contributed by atoms with Crippen LogP contribution in [0.1, 0.15) is 18.4 Å². The normalized spacial score (nSPS) is 29.1. The van der Waals surface area contributed by atoms with Crippen LogP contribution >= 0.6 is 0 Å². The Bertz CT molecular complexity index is 1140. The molecule has 36 heavy (non-hydrogen) atoms. The number of nitrogens with one attached hydrogen (secondary N) is 2. The molecule has 3 saturated heterocycles. The molecule has 1 spiro atoms. The van der Waals surface area contributed by atoms with E-state index in [1.54, 1.807) is 31.4 Å². The molecule has 6 atom stereocenters. The van der Waals surface area contributed by atoms with Crippen LogP contribution in [0.5, 0.6) is 5.75 Å². The van der Waals surface area contributed by atoms with Gasteiger partial charge in [-0.1, -0.05) is 30.3 Å². The molecule has 2 aromatic rings. The molecule has 9 heteroatoms. The Morgan fingerprint density at radius 1 is 1.17 bits per heavy atom. The first-order valence-electron chi connectivity index (χ1n) is 12.2. The third-order valence-corrected chi connectivity index (χ3v) is 7.81. The maximum absolute atomic E-state index is 14.0. The van der Waals surface area contributed by atoms with E-state index in [4.69, 9.17) is 9.47 Å². The van der Waals surface area contributed by atoms with Gasteiger partial charge in [-0.3, -0.25) is 14.4 Å². The maximum atomic E-state index is 14.0. The fourth-order valence-corrected chi connectivity index (χ4v) is 6.27. The number of rotatable bonds is 8. The molecule has 2 aromatic carbocycles. The van der Waals surface area contributed by atoms with E-state index in [1.807, 2.05) is 30.3 Å². The molecule has 190 valence electrons. The van der Waals surface area contributed by atoms with Gasteiger partial charge in [0.1, 0.15) is 17.4 Å². The van der Waals surface area contributed by atoms with E-state index in [1.165, 1.54) is 11.9 Å². The summed E-state index contributed by atoms with van der Waals surface area (Å²) in [6.07, 6.45) is 1.03. The number of methoxy groups -OCH3 is 1. The van der Waals surface area contributed by atoms with Crippen LogP contribution in [0, 0.1) is 11.8 Å². The van der Waals surface area contributed by atoms with Crippen LogP contribution in [0.25, 0.3) is 0 Å². The molecule has 3 aliphatic rings. The number of ether oxygens (including phenoxy) is 2. The second-order valence-corrected chi connectivity index (χ2v) is 9.66. The van der Waals surface area contributed by atoms with Gasteiger partial charge in [0, 0.05) is 12.7 Å². The average molecular weight is 494 g/mol. The molecular weight excluding hydrogens is 462 g/mol. The van der Waals surface area contributed by atoms with Crippen LogP contribution in [-0.2, 0) is 25.5 Å². The first-order valence-corrected chi connectivity index (χ1v) is 12.2. The number of hydrogen-bond donors (Lipinski definition) is 3. The van der Waals surface area contributed by atoms with E-state index < -0.39 is 41.5 Å². The van der Waals surface area contributed by atoms with Crippen molar-refractivity contribution in [2.45, 2.75) is 43.1 Å². The molecule has 3 heterocycles. The van der Waals surface area contributed by atoms with Gasteiger partial charge in [-0.15, -0.1) is 0 Å². The van der Waals surface area contributed by atoms with Gasteiger partial charge < -0.3 is 30.1 Å². The number of aliphatic hydroxyl groups excluding tert-OH is 1. The summed E-state index contributed by atoms with van der Waals surface area (Å²) in [7, 11) is 3.10. The summed E-state index contributed by atoms with van der Waals surface area (Å²) in [6.45, 7) is -0.330. The van der Waals surface area contributed by atoms with Crippen molar-refractivity contribution < 1.29 is 29.0 Å². The topological polar surface area (TPSA) is 117 Å². The van der Waals surface area contributed by atoms with Crippen molar-refractivity contribution in [3.8, 4) is 5.75 Å². The summed E-state index contributed by atoms with van der Waals surface area (Å²) in [5, 5.41) is 16.0. The van der Waals surface area contributed by atoms with E-state index in [0.29, 0.717) is 30.7 Å². The second-order valence-electron chi connectivity index (χ2n) is 9.66. The van der Waals surface area contributed by atoms with Crippen molar-refractivity contribution in [2.24, 2.45) is 11.8 Å². The van der Waals surface area contributed by atoms with Gasteiger partial charge in [-0.05, 0) is 49.1 Å². The van der Waals surface area contributed by atoms with Gasteiger partial charge in [0.15, 0.2) is 0 Å². The summed E-state index contributed by atoms with van der Waals surface area (Å²) in [6, 6.07) is 14.8. The molecule has 0 aromatic heterocycles. The molecule has 5 rings (SSSR count). The number of likely N-dealkylation sites (tertiary alicyclic amines) is 1. The fraction of sp³-hybridized carbons (Fsp3) is 0.444. The zero-order chi connectivity index (χ0) is 25.4. The number of fused-ring (bicyclic) bond motifs is 1. The number of aliphatic hydroxyl groups is 1. The van der Waals surface area contributed by atoms with E-state index in [-0.39, 0.29) is 18.4 Å². The minimum Gasteiger partial charge on any atom is -0.497 e. The largest absolute Gasteiger partial charge is 0.497 e. The molecule has 3 aliphatic heterocycles. The third kappa shape index (κ3) is 3.83. The number of anilines is 1. The van der Waals surface area contributed by atoms with E-state index >= 15 is 0 Å². The molecule has 3 N–H and O–H groups in total. The van der Waals surface area contributed by atoms with Crippen molar-refractivity contribution in [3.05, 3.63) is 60.2 Å². The van der Waals surface area contributed by atoms with Crippen LogP contribution in [0.15, 0.2) is 54.6 Å². The number of amides is 3. The predicted molar refractivity (Wildman–Crippen MR) is 131 cm³/mol. The van der Waals surface area contributed by atoms with Crippen LogP contribution < -0.4 is 15.4 Å². The van der Waals surface area contributed by atoms with Gasteiger partial charge >= 0.3 is 0 Å². The highest BCUT2D eigenvalue weighted by atomic mass is 16.5. The van der Waals surface area contributed by atoms with Gasteiger partial charge in [0.05, 0.1) is 37.7 Å². The standard InChI is InChI=1S/C27H31N3O6/c1-28-24(32)21-20-12-13-27(36-20)22(21)26(34)30(18(15-31)14-16-6-4-3-5-7-16)23(27)25(33)29-17-8-10-19(35-2)11-9-17/h3-11,18,20-23,31H,12-15H2,1-2H3,(H,28,32)(H,29,33)/t18-,20-,21+,22+,23?,27?/m1/s1. The minimum absolute atomic E-state index is 0.264. The van der Waals surface area contributed by atoms with Crippen LogP contribution in [0.4, 0.5) is 5.69 Å². The van der Waals surface area contributed by atoms with Crippen LogP contribution in [0.3, 0.4) is 0 Å². The van der Waals surface area contributed by atoms with Crippen molar-refractivity contribution in [1.29, 1.82) is 0 Å². The van der Waals surface area contributed by atoms with E-state index in [0.717, 1.165) is 5.56 Å². The van der Waals surface area contributed by atoms with Crippen LogP contribution in [0.2, 0.25) is 0 Å². The Labute approximate surface area is 209 Å². The molecule has 0 radical (unpaired) electrons. The monoisotopic (exact) mass is 493 g/mol. The molecule has 0 saturated carbocycles. The lowest BCUT2D eigenvalue weighted by atomic mass is 9.70. The maximum Gasteiger partial charge on any atom is 0.250 e. The highest BCUT2D eigenvalue weighted by Gasteiger charge is 2.75. The lowest BCUT2D eigenvalue weighted by Gasteiger charge is -2.36. The lowest BCUT2D eigenvalue weighted by molar-refractivity contribution is -0.143. The lowest BCUT2D eigenvalue weighted by Crippen LogP contribution is -2.56. The Hall–Kier alpha value is -3.43. The number of carbonyl (C=O) groups excluding carboxylic acids is 3. The van der Waals surface area contributed by atoms with Gasteiger partial charge in [-0.25, -0.2) is 0 Å². The first-order chi connectivity index (χ1) is 17.4. The fourth-order valence-electron chi connectivity index (χ4n) is 6.27. The van der Waals surface area contributed by atoms with E-state index in [2.05, 4.69) is 10.6 Å². The number of carbonyl (C=O) groups is 3. The Balaban J connectivity index is 1.52. The number of nitrogens with zero attached hydrogens (tertiary/aromatic N) is 1. The summed E-state index contributed by atoms with van der Waals surface area (Å²) < 4.78 is 11.6. The Morgan fingerprint density at radius 2 is 1.89 bits per heavy atom. The first kappa shape index (κ1) is 24.3. The molecule has 2 unspecified atom stereocenters. The number of hydrogen-bond acceptors (Lipinski definition) is 6. The van der Waals surface area contributed by atoms with Gasteiger partial charge in [0.2, 0.25) is 17.7 Å². The molecular formula is C27H31N3O6. The zero-order valence-electron chi connectivity index (χ0n) is 20.3. The molecule has 2 bridgehead atoms. The Morgan fingerprint density at radius 3 is 2.53 bits per heavy atom. The minimum atomic E-state index is -1.13. The summed E-state index contributed by atoms with van der Waals surface area (Å²) in [5.41, 5.74) is 0.355. The van der Waals surface area contributed by atoms with Crippen molar-refractivity contribution in [1.82, 2.24) is 10.2 Å². The summed E-state index contributed by atoms with van der Waals surface area (Å²) in [4.78, 5) is 42.2. The SMILES string of the molecule is CNC(=O)[C@@H]1[C@H]2C(=O)N([C@@H](CO)Cc3ccccc3)C(C(=O)Nc3ccc(OC)cc3)C23CC[C@H]1O3. The summed E-state index contributed by atoms with van der Waals surface area (Å²) >= 11 is 0. The van der Waals surface area contributed by atoms with Crippen molar-refractivity contribution in [2.75, 3.05) is 26.1 Å². The van der Waals surface area contributed by atoms with Crippen LogP contribution in [-0.4, -0.2) is 72.3 Å². The van der Waals surface area contributed by atoms with E-state index in [9.17, 15) is 19.5 Å². The molecule has 3 amide bonds. The van der Waals surface area contributed by atoms with Crippen molar-refractivity contribution >= 4 is 23.4 Å². The van der Waals surface area contributed by atoms with Crippen molar-refractivity contribution in [3.63, 3.8) is 0 Å². The highest BCUT2D eigenvalue weighted by Crippen LogP contribution is 2.58. The summed E-state index contributed by atoms with van der Waals surface area (Å²) in [5.74, 6) is -1.80.